The van der Waals surface area contributed by atoms with Crippen molar-refractivity contribution >= 4 is 23.8 Å². The molecule has 1 aliphatic carbocycles. The smallest absolute Gasteiger partial charge is 0.409 e. The van der Waals surface area contributed by atoms with Crippen LogP contribution in [0.1, 0.15) is 48.2 Å². The number of aromatic carboxylic acids is 1. The second kappa shape index (κ2) is 10.9. The van der Waals surface area contributed by atoms with Crippen LogP contribution in [0.15, 0.2) is 72.8 Å². The van der Waals surface area contributed by atoms with Gasteiger partial charge >= 0.3 is 18.2 Å². The molecule has 0 spiro atoms. The second-order valence-corrected chi connectivity index (χ2v) is 12.8. The van der Waals surface area contributed by atoms with Crippen molar-refractivity contribution in [1.29, 1.82) is 0 Å². The largest absolute Gasteiger partial charge is 0.478 e. The lowest BCUT2D eigenvalue weighted by molar-refractivity contribution is 0.0498. The molecule has 0 unspecified atom stereocenters. The van der Waals surface area contributed by atoms with E-state index in [4.69, 9.17) is 9.47 Å². The van der Waals surface area contributed by atoms with Crippen molar-refractivity contribution in [2.24, 2.45) is 11.3 Å². The van der Waals surface area contributed by atoms with E-state index in [0.29, 0.717) is 32.7 Å². The molecule has 3 aromatic rings. The molecule has 0 aromatic heterocycles. The van der Waals surface area contributed by atoms with Gasteiger partial charge in [-0.25, -0.2) is 14.4 Å². The fourth-order valence-electron chi connectivity index (χ4n) is 6.83. The number of alkyl carbamates (subject to hydrolysis) is 1. The minimum Gasteiger partial charge on any atom is -0.478 e. The zero-order valence-corrected chi connectivity index (χ0v) is 24.7. The molecule has 0 bridgehead atoms. The molecular weight excluding hydrogens is 546 g/mol. The van der Waals surface area contributed by atoms with Gasteiger partial charge in [0.25, 0.3) is 0 Å². The Balaban J connectivity index is 1.16. The number of nitrogens with zero attached hydrogens (tertiary/aromatic N) is 2. The van der Waals surface area contributed by atoms with Crippen molar-refractivity contribution in [3.63, 3.8) is 0 Å². The summed E-state index contributed by atoms with van der Waals surface area (Å²) in [5, 5.41) is 12.2. The summed E-state index contributed by atoms with van der Waals surface area (Å²) in [5.41, 5.74) is 4.77. The molecule has 2 heterocycles. The Kier molecular flexibility index (Phi) is 7.28. The van der Waals surface area contributed by atoms with Gasteiger partial charge in [-0.1, -0.05) is 48.5 Å². The molecule has 2 aliphatic heterocycles. The molecule has 43 heavy (non-hydrogen) atoms. The number of hydrogen-bond donors (Lipinski definition) is 2. The molecule has 2 atom stereocenters. The average molecular weight is 584 g/mol. The minimum absolute atomic E-state index is 0.0227. The zero-order chi connectivity index (χ0) is 30.4. The molecule has 9 heteroatoms. The third-order valence-corrected chi connectivity index (χ3v) is 8.82. The summed E-state index contributed by atoms with van der Waals surface area (Å²) < 4.78 is 11.5. The van der Waals surface area contributed by atoms with Crippen molar-refractivity contribution in [2.45, 2.75) is 32.3 Å². The number of benzene rings is 3. The minimum atomic E-state index is -0.971. The normalized spacial score (nSPS) is 20.8. The number of anilines is 1. The fraction of sp³-hybridized carbons (Fsp3) is 0.382. The molecule has 2 saturated heterocycles. The lowest BCUT2D eigenvalue weighted by Crippen LogP contribution is -2.46. The highest BCUT2D eigenvalue weighted by molar-refractivity contribution is 5.88. The van der Waals surface area contributed by atoms with Gasteiger partial charge in [0, 0.05) is 55.7 Å². The van der Waals surface area contributed by atoms with Crippen LogP contribution in [0, 0.1) is 11.3 Å². The summed E-state index contributed by atoms with van der Waals surface area (Å²) in [5.74, 6) is -0.922. The van der Waals surface area contributed by atoms with Crippen LogP contribution in [0.3, 0.4) is 0 Å². The van der Waals surface area contributed by atoms with Gasteiger partial charge in [0.2, 0.25) is 0 Å². The Morgan fingerprint density at radius 1 is 0.907 bits per heavy atom. The number of rotatable bonds is 6. The number of likely N-dealkylation sites (tertiary alicyclic amines) is 1. The number of ether oxygens (including phenoxy) is 2. The van der Waals surface area contributed by atoms with E-state index in [9.17, 15) is 19.5 Å². The Morgan fingerprint density at radius 2 is 1.53 bits per heavy atom. The van der Waals surface area contributed by atoms with Crippen LogP contribution in [-0.2, 0) is 9.47 Å². The van der Waals surface area contributed by atoms with Crippen LogP contribution in [0.2, 0.25) is 0 Å². The molecule has 224 valence electrons. The van der Waals surface area contributed by atoms with Crippen LogP contribution < -0.4 is 10.2 Å². The van der Waals surface area contributed by atoms with Crippen LogP contribution in [0.5, 0.6) is 0 Å². The lowest BCUT2D eigenvalue weighted by atomic mass is 9.81. The monoisotopic (exact) mass is 583 g/mol. The highest BCUT2D eigenvalue weighted by atomic mass is 16.6. The van der Waals surface area contributed by atoms with Crippen molar-refractivity contribution in [2.75, 3.05) is 44.2 Å². The fourth-order valence-corrected chi connectivity index (χ4v) is 6.83. The van der Waals surface area contributed by atoms with Crippen LogP contribution in [-0.4, -0.2) is 73.1 Å². The molecule has 0 saturated carbocycles. The van der Waals surface area contributed by atoms with Gasteiger partial charge in [-0.15, -0.1) is 0 Å². The van der Waals surface area contributed by atoms with Crippen molar-refractivity contribution in [1.82, 2.24) is 10.2 Å². The molecule has 9 nitrogen and oxygen atoms in total. The van der Waals surface area contributed by atoms with E-state index in [1.165, 1.54) is 11.1 Å². The SMILES string of the molecule is CC(C)(C)OC(=O)NC[C@]12CN(C(=O)OCC3c4ccccc4-c4ccccc43)C[C@H]1CN(c1ccc(C(=O)O)cc1)C2. The number of carbonyl (C=O) groups excluding carboxylic acids is 2. The summed E-state index contributed by atoms with van der Waals surface area (Å²) in [6.45, 7) is 8.22. The first-order valence-corrected chi connectivity index (χ1v) is 14.7. The number of amides is 2. The van der Waals surface area contributed by atoms with E-state index in [-0.39, 0.29) is 30.1 Å². The molecule has 3 aliphatic rings. The van der Waals surface area contributed by atoms with Gasteiger partial charge in [0.15, 0.2) is 0 Å². The third-order valence-electron chi connectivity index (χ3n) is 8.82. The number of nitrogens with one attached hydrogen (secondary N) is 1. The summed E-state index contributed by atoms with van der Waals surface area (Å²) in [4.78, 5) is 41.4. The first kappa shape index (κ1) is 28.6. The Hall–Kier alpha value is -4.53. The topological polar surface area (TPSA) is 108 Å². The molecule has 2 fully saturated rings. The van der Waals surface area contributed by atoms with E-state index >= 15 is 0 Å². The van der Waals surface area contributed by atoms with Gasteiger partial charge in [0.05, 0.1) is 5.56 Å². The third kappa shape index (κ3) is 5.63. The predicted octanol–water partition coefficient (Wildman–Crippen LogP) is 5.60. The predicted molar refractivity (Wildman–Crippen MR) is 162 cm³/mol. The Morgan fingerprint density at radius 3 is 2.14 bits per heavy atom. The zero-order valence-electron chi connectivity index (χ0n) is 24.7. The van der Waals surface area contributed by atoms with Gasteiger partial charge in [-0.05, 0) is 67.3 Å². The molecule has 0 radical (unpaired) electrons. The number of carboxylic acid groups (broad SMARTS) is 1. The van der Waals surface area contributed by atoms with Gasteiger partial charge in [-0.2, -0.15) is 0 Å². The van der Waals surface area contributed by atoms with E-state index < -0.39 is 23.1 Å². The second-order valence-electron chi connectivity index (χ2n) is 12.8. The maximum Gasteiger partial charge on any atom is 0.409 e. The average Bonchev–Trinajstić information content (AvgIpc) is 3.61. The van der Waals surface area contributed by atoms with Crippen LogP contribution in [0.4, 0.5) is 15.3 Å². The summed E-state index contributed by atoms with van der Waals surface area (Å²) in [6.07, 6.45) is -0.852. The van der Waals surface area contributed by atoms with E-state index in [1.54, 1.807) is 17.0 Å². The Bertz CT molecular complexity index is 1500. The molecule has 6 rings (SSSR count). The van der Waals surface area contributed by atoms with E-state index in [1.807, 2.05) is 57.2 Å². The number of carbonyl (C=O) groups is 3. The maximum atomic E-state index is 13.5. The lowest BCUT2D eigenvalue weighted by Gasteiger charge is -2.30. The van der Waals surface area contributed by atoms with Gasteiger partial charge < -0.3 is 29.7 Å². The van der Waals surface area contributed by atoms with Crippen molar-refractivity contribution < 1.29 is 29.0 Å². The molecule has 3 aromatic carbocycles. The highest BCUT2D eigenvalue weighted by Crippen LogP contribution is 2.46. The number of fused-ring (bicyclic) bond motifs is 4. The van der Waals surface area contributed by atoms with Crippen molar-refractivity contribution in [3.05, 3.63) is 89.5 Å². The molecule has 2 amide bonds. The first-order chi connectivity index (χ1) is 20.5. The highest BCUT2D eigenvalue weighted by Gasteiger charge is 2.54. The number of carboxylic acids is 1. The van der Waals surface area contributed by atoms with E-state index in [2.05, 4.69) is 34.5 Å². The molecular formula is C34H37N3O6. The van der Waals surface area contributed by atoms with Crippen molar-refractivity contribution in [3.8, 4) is 11.1 Å². The van der Waals surface area contributed by atoms with E-state index in [0.717, 1.165) is 16.8 Å². The van der Waals surface area contributed by atoms with Gasteiger partial charge in [0.1, 0.15) is 12.2 Å². The van der Waals surface area contributed by atoms with Gasteiger partial charge in [-0.3, -0.25) is 0 Å². The summed E-state index contributed by atoms with van der Waals surface area (Å²) in [6, 6.07) is 23.3. The first-order valence-electron chi connectivity index (χ1n) is 14.7. The molecule has 2 N–H and O–H groups in total. The quantitative estimate of drug-likeness (QED) is 0.389. The van der Waals surface area contributed by atoms with Crippen LogP contribution in [0.25, 0.3) is 11.1 Å². The van der Waals surface area contributed by atoms with Crippen LogP contribution >= 0.6 is 0 Å². The summed E-state index contributed by atoms with van der Waals surface area (Å²) >= 11 is 0. The standard InChI is InChI=1S/C34H37N3O6/c1-33(2,3)43-31(40)35-19-34-20-36(24-14-12-22(13-15-24)30(38)39)16-23(34)17-37(21-34)32(41)42-18-29-27-10-6-4-8-25(27)26-9-5-7-11-28(26)29/h4-15,23,29H,16-21H2,1-3H3,(H,35,40)(H,38,39)/t23-,34+/m1/s1. The number of hydrogen-bond acceptors (Lipinski definition) is 6. The maximum absolute atomic E-state index is 13.5. The summed E-state index contributed by atoms with van der Waals surface area (Å²) in [7, 11) is 0. The Labute approximate surface area is 251 Å².